The van der Waals surface area contributed by atoms with Gasteiger partial charge >= 0.3 is 0 Å². The third kappa shape index (κ3) is 2.30. The van der Waals surface area contributed by atoms with E-state index in [0.717, 1.165) is 47.5 Å². The molecule has 4 rings (SSSR count). The van der Waals surface area contributed by atoms with Gasteiger partial charge in [0, 0.05) is 35.6 Å². The van der Waals surface area contributed by atoms with Crippen molar-refractivity contribution in [1.29, 1.82) is 5.26 Å². The number of para-hydroxylation sites is 1. The van der Waals surface area contributed by atoms with Gasteiger partial charge in [-0.1, -0.05) is 18.2 Å². The molecule has 1 unspecified atom stereocenters. The number of H-pyrrole nitrogens is 1. The molecule has 2 aromatic heterocycles. The summed E-state index contributed by atoms with van der Waals surface area (Å²) in [7, 11) is 0. The average molecular weight is 318 g/mol. The first-order valence-corrected chi connectivity index (χ1v) is 8.02. The van der Waals surface area contributed by atoms with Crippen LogP contribution in [0.15, 0.2) is 30.5 Å². The van der Waals surface area contributed by atoms with Crippen LogP contribution in [-0.2, 0) is 0 Å². The van der Waals surface area contributed by atoms with E-state index in [9.17, 15) is 5.26 Å². The molecule has 3 heterocycles. The molecule has 0 amide bonds. The second-order valence-corrected chi connectivity index (χ2v) is 6.19. The molecule has 6 nitrogen and oxygen atoms in total. The minimum Gasteiger partial charge on any atom is -0.354 e. The number of fused-ring (bicyclic) bond motifs is 1. The van der Waals surface area contributed by atoms with Gasteiger partial charge in [0.15, 0.2) is 0 Å². The van der Waals surface area contributed by atoms with E-state index < -0.39 is 0 Å². The fourth-order valence-corrected chi connectivity index (χ4v) is 3.38. The largest absolute Gasteiger partial charge is 0.354 e. The standard InChI is InChI=1S/C18H18N6/c1-11-18(24-7-6-12(20)10-24)21-9-16(22-11)17-13-4-2-3-5-14(13)23-15(17)8-19/h2-5,9,12,23H,6-7,10,20H2,1H3. The fraction of sp³-hybridized carbons (Fsp3) is 0.278. The van der Waals surface area contributed by atoms with E-state index >= 15 is 0 Å². The molecule has 24 heavy (non-hydrogen) atoms. The maximum absolute atomic E-state index is 9.45. The monoisotopic (exact) mass is 318 g/mol. The number of nitriles is 1. The van der Waals surface area contributed by atoms with E-state index in [1.807, 2.05) is 31.2 Å². The lowest BCUT2D eigenvalue weighted by Gasteiger charge is -2.18. The number of rotatable bonds is 2. The van der Waals surface area contributed by atoms with Gasteiger partial charge in [-0.2, -0.15) is 5.26 Å². The Morgan fingerprint density at radius 1 is 1.38 bits per heavy atom. The number of nitrogens with two attached hydrogens (primary N) is 1. The van der Waals surface area contributed by atoms with Crippen molar-refractivity contribution in [3.05, 3.63) is 41.9 Å². The van der Waals surface area contributed by atoms with E-state index in [1.54, 1.807) is 6.20 Å². The lowest BCUT2D eigenvalue weighted by Crippen LogP contribution is -2.27. The van der Waals surface area contributed by atoms with Crippen LogP contribution in [0.5, 0.6) is 0 Å². The Kier molecular flexibility index (Phi) is 3.44. The third-order valence-electron chi connectivity index (χ3n) is 4.52. The highest BCUT2D eigenvalue weighted by molar-refractivity contribution is 5.97. The molecule has 120 valence electrons. The van der Waals surface area contributed by atoms with Crippen molar-refractivity contribution in [1.82, 2.24) is 15.0 Å². The predicted molar refractivity (Wildman–Crippen MR) is 93.6 cm³/mol. The van der Waals surface area contributed by atoms with Crippen molar-refractivity contribution in [2.75, 3.05) is 18.0 Å². The summed E-state index contributed by atoms with van der Waals surface area (Å²) in [4.78, 5) is 14.7. The molecule has 1 saturated heterocycles. The molecule has 0 saturated carbocycles. The van der Waals surface area contributed by atoms with E-state index in [-0.39, 0.29) is 6.04 Å². The van der Waals surface area contributed by atoms with E-state index in [2.05, 4.69) is 20.9 Å². The summed E-state index contributed by atoms with van der Waals surface area (Å²) in [5, 5.41) is 10.4. The minimum atomic E-state index is 0.199. The second-order valence-electron chi connectivity index (χ2n) is 6.19. The summed E-state index contributed by atoms with van der Waals surface area (Å²) in [5.41, 5.74) is 9.82. The first-order valence-electron chi connectivity index (χ1n) is 8.02. The molecule has 0 aliphatic carbocycles. The van der Waals surface area contributed by atoms with Gasteiger partial charge in [0.05, 0.1) is 17.6 Å². The Morgan fingerprint density at radius 3 is 2.92 bits per heavy atom. The number of nitrogens with one attached hydrogen (secondary N) is 1. The first-order chi connectivity index (χ1) is 11.7. The molecule has 1 aliphatic rings. The van der Waals surface area contributed by atoms with Crippen LogP contribution in [-0.4, -0.2) is 34.1 Å². The van der Waals surface area contributed by atoms with Crippen molar-refractivity contribution < 1.29 is 0 Å². The Bertz CT molecular complexity index is 952. The number of aromatic nitrogens is 3. The van der Waals surface area contributed by atoms with Gasteiger partial charge < -0.3 is 15.6 Å². The van der Waals surface area contributed by atoms with Gasteiger partial charge in [0.2, 0.25) is 0 Å². The Hall–Kier alpha value is -2.91. The summed E-state index contributed by atoms with van der Waals surface area (Å²) >= 11 is 0. The summed E-state index contributed by atoms with van der Waals surface area (Å²) in [6.45, 7) is 3.68. The SMILES string of the molecule is Cc1nc(-c2c(C#N)[nH]c3ccccc23)cnc1N1CCC(N)C1. The van der Waals surface area contributed by atoms with Gasteiger partial charge in [-0.3, -0.25) is 0 Å². The van der Waals surface area contributed by atoms with Crippen LogP contribution in [0.1, 0.15) is 17.8 Å². The highest BCUT2D eigenvalue weighted by atomic mass is 15.2. The fourth-order valence-electron chi connectivity index (χ4n) is 3.38. The van der Waals surface area contributed by atoms with E-state index in [1.165, 1.54) is 0 Å². The summed E-state index contributed by atoms with van der Waals surface area (Å²) < 4.78 is 0. The Morgan fingerprint density at radius 2 is 2.21 bits per heavy atom. The number of benzene rings is 1. The van der Waals surface area contributed by atoms with Crippen LogP contribution in [0.4, 0.5) is 5.82 Å². The molecule has 3 N–H and O–H groups in total. The maximum atomic E-state index is 9.45. The van der Waals surface area contributed by atoms with Gasteiger partial charge in [-0.15, -0.1) is 0 Å². The molecule has 1 aromatic carbocycles. The summed E-state index contributed by atoms with van der Waals surface area (Å²) in [6, 6.07) is 10.3. The van der Waals surface area contributed by atoms with Gasteiger partial charge in [-0.25, -0.2) is 9.97 Å². The normalized spacial score (nSPS) is 17.4. The molecule has 3 aromatic rings. The molecule has 0 bridgehead atoms. The molecule has 1 atom stereocenters. The lowest BCUT2D eigenvalue weighted by atomic mass is 10.1. The zero-order chi connectivity index (χ0) is 16.7. The van der Waals surface area contributed by atoms with E-state index in [0.29, 0.717) is 11.4 Å². The Labute approximate surface area is 139 Å². The van der Waals surface area contributed by atoms with Crippen molar-refractivity contribution in [2.24, 2.45) is 5.73 Å². The number of nitrogens with zero attached hydrogens (tertiary/aromatic N) is 4. The van der Waals surface area contributed by atoms with Crippen LogP contribution in [0.25, 0.3) is 22.2 Å². The van der Waals surface area contributed by atoms with Crippen LogP contribution in [0.2, 0.25) is 0 Å². The van der Waals surface area contributed by atoms with Gasteiger partial charge in [0.25, 0.3) is 0 Å². The van der Waals surface area contributed by atoms with Crippen LogP contribution in [0.3, 0.4) is 0 Å². The smallest absolute Gasteiger partial charge is 0.150 e. The number of anilines is 1. The zero-order valence-corrected chi connectivity index (χ0v) is 13.5. The number of aryl methyl sites for hydroxylation is 1. The minimum absolute atomic E-state index is 0.199. The van der Waals surface area contributed by atoms with Crippen molar-refractivity contribution in [2.45, 2.75) is 19.4 Å². The quantitative estimate of drug-likeness (QED) is 0.756. The van der Waals surface area contributed by atoms with Crippen LogP contribution < -0.4 is 10.6 Å². The molecule has 1 aliphatic heterocycles. The van der Waals surface area contributed by atoms with Crippen LogP contribution in [0, 0.1) is 18.3 Å². The molecular weight excluding hydrogens is 300 g/mol. The van der Waals surface area contributed by atoms with Gasteiger partial charge in [0.1, 0.15) is 17.6 Å². The third-order valence-corrected chi connectivity index (χ3v) is 4.52. The number of aromatic amines is 1. The molecule has 1 fully saturated rings. The van der Waals surface area contributed by atoms with Gasteiger partial charge in [-0.05, 0) is 19.4 Å². The highest BCUT2D eigenvalue weighted by Crippen LogP contribution is 2.32. The lowest BCUT2D eigenvalue weighted by molar-refractivity contribution is 0.751. The highest BCUT2D eigenvalue weighted by Gasteiger charge is 2.23. The molecule has 6 heteroatoms. The average Bonchev–Trinajstić information content (AvgIpc) is 3.17. The topological polar surface area (TPSA) is 94.6 Å². The number of hydrogen-bond donors (Lipinski definition) is 2. The maximum Gasteiger partial charge on any atom is 0.150 e. The summed E-state index contributed by atoms with van der Waals surface area (Å²) in [6.07, 6.45) is 2.73. The van der Waals surface area contributed by atoms with E-state index in [4.69, 9.17) is 10.7 Å². The molecular formula is C18H18N6. The van der Waals surface area contributed by atoms with Crippen molar-refractivity contribution >= 4 is 16.7 Å². The number of hydrogen-bond acceptors (Lipinski definition) is 5. The Balaban J connectivity index is 1.81. The molecule has 0 radical (unpaired) electrons. The van der Waals surface area contributed by atoms with Crippen molar-refractivity contribution in [3.63, 3.8) is 0 Å². The first kappa shape index (κ1) is 14.7. The zero-order valence-electron chi connectivity index (χ0n) is 13.5. The second kappa shape index (κ2) is 5.62. The molecule has 0 spiro atoms. The summed E-state index contributed by atoms with van der Waals surface area (Å²) in [5.74, 6) is 0.880. The van der Waals surface area contributed by atoms with Crippen molar-refractivity contribution in [3.8, 4) is 17.3 Å². The van der Waals surface area contributed by atoms with Crippen LogP contribution >= 0.6 is 0 Å². The predicted octanol–water partition coefficient (Wildman–Crippen LogP) is 2.34.